The first-order chi connectivity index (χ1) is 11.5. The van der Waals surface area contributed by atoms with Gasteiger partial charge in [-0.05, 0) is 11.5 Å². The first-order valence-corrected chi connectivity index (χ1v) is 8.20. The Morgan fingerprint density at radius 3 is 2.84 bits per heavy atom. The van der Waals surface area contributed by atoms with Crippen molar-refractivity contribution in [1.29, 1.82) is 0 Å². The van der Waals surface area contributed by atoms with Crippen molar-refractivity contribution >= 4 is 23.6 Å². The van der Waals surface area contributed by atoms with Crippen molar-refractivity contribution in [1.82, 2.24) is 24.7 Å². The number of hydrogen-bond acceptors (Lipinski definition) is 7. The van der Waals surface area contributed by atoms with Gasteiger partial charge in [0, 0.05) is 26.5 Å². The summed E-state index contributed by atoms with van der Waals surface area (Å²) in [6.45, 7) is 0. The van der Waals surface area contributed by atoms with Crippen molar-refractivity contribution in [2.45, 2.75) is 11.5 Å². The molecule has 2 unspecified atom stereocenters. The number of amides is 1. The fourth-order valence-electron chi connectivity index (χ4n) is 3.16. The van der Waals surface area contributed by atoms with Crippen LogP contribution in [-0.4, -0.2) is 56.0 Å². The van der Waals surface area contributed by atoms with Gasteiger partial charge in [-0.1, -0.05) is 0 Å². The molecule has 8 nitrogen and oxygen atoms in total. The Kier molecular flexibility index (Phi) is 4.76. The molecule has 1 fully saturated rings. The van der Waals surface area contributed by atoms with E-state index in [9.17, 15) is 14.7 Å². The molecule has 1 saturated heterocycles. The summed E-state index contributed by atoms with van der Waals surface area (Å²) in [4.78, 5) is 35.8. The van der Waals surface area contributed by atoms with Crippen molar-refractivity contribution in [3.63, 3.8) is 0 Å². The molecule has 25 heavy (non-hydrogen) atoms. The summed E-state index contributed by atoms with van der Waals surface area (Å²) in [6, 6.07) is 0. The fraction of sp³-hybridized carbons (Fsp3) is 0.267. The molecule has 0 bridgehead atoms. The van der Waals surface area contributed by atoms with Gasteiger partial charge in [-0.2, -0.15) is 0 Å². The van der Waals surface area contributed by atoms with E-state index < -0.39 is 5.97 Å². The second-order valence-electron chi connectivity index (χ2n) is 5.75. The van der Waals surface area contributed by atoms with Crippen molar-refractivity contribution in [2.24, 2.45) is 0 Å². The number of thioether (sulfide) groups is 1. The molecule has 10 heteroatoms. The number of aliphatic carboxylic acids is 1. The number of carbonyl (C=O) groups is 2. The van der Waals surface area contributed by atoms with Crippen LogP contribution in [0.4, 0.5) is 0 Å². The van der Waals surface area contributed by atoms with Gasteiger partial charge in [0.25, 0.3) is 5.91 Å². The molecule has 3 aliphatic rings. The topological polar surface area (TPSA) is 95.6 Å². The summed E-state index contributed by atoms with van der Waals surface area (Å²) in [5, 5.41) is 12.2. The minimum atomic E-state index is -1.33. The van der Waals surface area contributed by atoms with Crippen molar-refractivity contribution in [3.05, 3.63) is 52.9 Å². The van der Waals surface area contributed by atoms with Crippen LogP contribution < -0.4 is 34.7 Å². The molecule has 1 aromatic rings. The van der Waals surface area contributed by atoms with Gasteiger partial charge in [0.05, 0.1) is 29.3 Å². The van der Waals surface area contributed by atoms with Crippen LogP contribution >= 0.6 is 11.8 Å². The van der Waals surface area contributed by atoms with Crippen molar-refractivity contribution in [3.8, 4) is 0 Å². The Morgan fingerprint density at radius 1 is 1.44 bits per heavy atom. The van der Waals surface area contributed by atoms with Crippen LogP contribution in [0.25, 0.3) is 0 Å². The summed E-state index contributed by atoms with van der Waals surface area (Å²) in [7, 11) is 3.87. The third kappa shape index (κ3) is 2.71. The molecular formula is C15H14N5NaO3S. The molecule has 1 aromatic heterocycles. The number of aromatic nitrogens is 2. The number of carboxylic acid groups (broad SMARTS) is 1. The average molecular weight is 367 g/mol. The minimum Gasteiger partial charge on any atom is -0.543 e. The van der Waals surface area contributed by atoms with Crippen LogP contribution in [0.1, 0.15) is 11.9 Å². The first-order valence-electron chi connectivity index (χ1n) is 7.26. The number of imidazole rings is 1. The van der Waals surface area contributed by atoms with E-state index in [1.807, 2.05) is 42.4 Å². The number of carbonyl (C=O) groups excluding carboxylic acids is 2. The van der Waals surface area contributed by atoms with Gasteiger partial charge >= 0.3 is 29.6 Å². The number of hydrogen-bond donors (Lipinski definition) is 1. The fourth-order valence-corrected chi connectivity index (χ4v) is 4.28. The molecule has 0 spiro atoms. The molecule has 0 aromatic carbocycles. The Hall–Kier alpha value is -1.68. The second-order valence-corrected chi connectivity index (χ2v) is 6.71. The van der Waals surface area contributed by atoms with E-state index in [1.165, 1.54) is 22.1 Å². The van der Waals surface area contributed by atoms with E-state index in [4.69, 9.17) is 0 Å². The number of β-lactam (4-membered cyclic amide) rings is 1. The normalized spacial score (nSPS) is 26.2. The van der Waals surface area contributed by atoms with Gasteiger partial charge in [0.15, 0.2) is 0 Å². The zero-order valence-electron chi connectivity index (χ0n) is 14.0. The van der Waals surface area contributed by atoms with Crippen LogP contribution in [0.2, 0.25) is 0 Å². The summed E-state index contributed by atoms with van der Waals surface area (Å²) in [6.07, 6.45) is 7.16. The maximum atomic E-state index is 12.3. The van der Waals surface area contributed by atoms with E-state index >= 15 is 0 Å². The van der Waals surface area contributed by atoms with Gasteiger partial charge in [0.1, 0.15) is 17.2 Å². The Morgan fingerprint density at radius 2 is 2.20 bits per heavy atom. The van der Waals surface area contributed by atoms with E-state index in [2.05, 4.69) is 9.97 Å². The van der Waals surface area contributed by atoms with Gasteiger partial charge in [-0.25, -0.2) is 4.98 Å². The van der Waals surface area contributed by atoms with Gasteiger partial charge in [-0.15, -0.1) is 11.8 Å². The van der Waals surface area contributed by atoms with E-state index in [0.717, 1.165) is 11.4 Å². The Balaban J connectivity index is 0.00000182. The molecule has 2 atom stereocenters. The van der Waals surface area contributed by atoms with Crippen LogP contribution in [-0.2, 0) is 9.59 Å². The van der Waals surface area contributed by atoms with E-state index in [0.29, 0.717) is 5.57 Å². The second kappa shape index (κ2) is 6.56. The largest absolute Gasteiger partial charge is 1.00 e. The number of likely N-dealkylation sites (N-methyl/N-ethyl adjacent to an activating group) is 1. The van der Waals surface area contributed by atoms with E-state index in [-0.39, 0.29) is 52.7 Å². The first kappa shape index (κ1) is 18.1. The average Bonchev–Trinajstić information content (AvgIpc) is 3.23. The standard InChI is InChI=1S/C15H15N5O3S.Na/c1-18-5-8(19(2)12(18)10-4-16-7-17-10)3-9-13(21)20-11(15(22)23)6-24-14(9)20;/h3-7,12,14H,1-2H3,(H,16,17)(H,22,23);/q;+1/p-1/b9-3-;. The number of H-pyrrole nitrogens is 1. The number of allylic oxidation sites excluding steroid dienone is 1. The molecule has 0 aliphatic carbocycles. The molecule has 1 amide bonds. The molecule has 0 saturated carbocycles. The number of rotatable bonds is 3. The molecular weight excluding hydrogens is 353 g/mol. The number of nitrogens with one attached hydrogen (secondary N) is 1. The van der Waals surface area contributed by atoms with Gasteiger partial charge < -0.3 is 24.7 Å². The summed E-state index contributed by atoms with van der Waals surface area (Å²) in [5.41, 5.74) is 2.27. The molecule has 124 valence electrons. The maximum absolute atomic E-state index is 12.3. The number of carboxylic acids is 1. The van der Waals surface area contributed by atoms with Gasteiger partial charge in [0.2, 0.25) is 0 Å². The van der Waals surface area contributed by atoms with Crippen LogP contribution in [0.15, 0.2) is 47.2 Å². The molecule has 4 rings (SSSR count). The van der Waals surface area contributed by atoms with E-state index in [1.54, 1.807) is 6.33 Å². The number of aromatic amines is 1. The number of nitrogens with zero attached hydrogens (tertiary/aromatic N) is 4. The Labute approximate surface area is 170 Å². The van der Waals surface area contributed by atoms with Crippen LogP contribution in [0.3, 0.4) is 0 Å². The summed E-state index contributed by atoms with van der Waals surface area (Å²) >= 11 is 1.30. The zero-order chi connectivity index (χ0) is 17.0. The predicted molar refractivity (Wildman–Crippen MR) is 84.3 cm³/mol. The molecule has 4 heterocycles. The third-order valence-electron chi connectivity index (χ3n) is 4.33. The SMILES string of the molecule is CN1C=C(/C=C2/C(=O)N3C(C(=O)[O-])=CSC23)N(C)C1c1c[nH]cn1.[Na+]. The van der Waals surface area contributed by atoms with Gasteiger partial charge in [-0.3, -0.25) is 9.69 Å². The van der Waals surface area contributed by atoms with Crippen molar-refractivity contribution in [2.75, 3.05) is 14.1 Å². The molecule has 3 aliphatic heterocycles. The Bertz CT molecular complexity index is 819. The predicted octanol–water partition coefficient (Wildman–Crippen LogP) is -3.44. The molecule has 0 radical (unpaired) electrons. The monoisotopic (exact) mass is 367 g/mol. The smallest absolute Gasteiger partial charge is 0.543 e. The van der Waals surface area contributed by atoms with Crippen molar-refractivity contribution < 1.29 is 44.3 Å². The summed E-state index contributed by atoms with van der Waals surface area (Å²) < 4.78 is 0. The maximum Gasteiger partial charge on any atom is 1.00 e. The summed E-state index contributed by atoms with van der Waals surface area (Å²) in [5.74, 6) is -1.62. The third-order valence-corrected chi connectivity index (χ3v) is 5.41. The van der Waals surface area contributed by atoms with Crippen LogP contribution in [0.5, 0.6) is 0 Å². The number of fused-ring (bicyclic) bond motifs is 1. The zero-order valence-corrected chi connectivity index (χ0v) is 16.8. The van der Waals surface area contributed by atoms with Crippen LogP contribution in [0, 0.1) is 0 Å². The minimum absolute atomic E-state index is 0. The quantitative estimate of drug-likeness (QED) is 0.337. The molecule has 1 N–H and O–H groups in total.